The first-order valence-electron chi connectivity index (χ1n) is 5.81. The van der Waals surface area contributed by atoms with Crippen molar-refractivity contribution in [1.29, 1.82) is 0 Å². The van der Waals surface area contributed by atoms with Gasteiger partial charge >= 0.3 is 0 Å². The van der Waals surface area contributed by atoms with Crippen LogP contribution in [0.5, 0.6) is 11.5 Å². The van der Waals surface area contributed by atoms with Gasteiger partial charge < -0.3 is 15.2 Å². The van der Waals surface area contributed by atoms with E-state index in [-0.39, 0.29) is 11.5 Å². The maximum absolute atomic E-state index is 11.6. The Morgan fingerprint density at radius 2 is 1.84 bits per heavy atom. The van der Waals surface area contributed by atoms with E-state index >= 15 is 0 Å². The van der Waals surface area contributed by atoms with Crippen molar-refractivity contribution in [1.82, 2.24) is 0 Å². The molecule has 4 nitrogen and oxygen atoms in total. The standard InChI is InChI=1S/C15H11NO3/c17-9-13-12-7-6-11(8-14(12)16-15(13)18)19-10-4-2-1-3-5-10/h1-9,17H,(H,16,18)/b13-9-. The van der Waals surface area contributed by atoms with Gasteiger partial charge in [-0.15, -0.1) is 0 Å². The number of anilines is 1. The number of hydrogen-bond donors (Lipinski definition) is 2. The van der Waals surface area contributed by atoms with Gasteiger partial charge in [-0.1, -0.05) is 18.2 Å². The van der Waals surface area contributed by atoms with Gasteiger partial charge in [0.05, 0.1) is 17.5 Å². The van der Waals surface area contributed by atoms with Crippen LogP contribution in [0.25, 0.3) is 5.57 Å². The number of carbonyl (C=O) groups is 1. The molecule has 2 aromatic carbocycles. The van der Waals surface area contributed by atoms with E-state index in [4.69, 9.17) is 9.84 Å². The van der Waals surface area contributed by atoms with Gasteiger partial charge in [0.2, 0.25) is 0 Å². The molecule has 2 N–H and O–H groups in total. The van der Waals surface area contributed by atoms with E-state index in [2.05, 4.69) is 5.32 Å². The van der Waals surface area contributed by atoms with Gasteiger partial charge in [0, 0.05) is 11.6 Å². The van der Waals surface area contributed by atoms with E-state index in [1.807, 2.05) is 30.3 Å². The Morgan fingerprint density at radius 1 is 1.05 bits per heavy atom. The number of carbonyl (C=O) groups excluding carboxylic acids is 1. The fraction of sp³-hybridized carbons (Fsp3) is 0. The summed E-state index contributed by atoms with van der Waals surface area (Å²) in [5.41, 5.74) is 1.58. The average Bonchev–Trinajstić information content (AvgIpc) is 2.74. The first-order chi connectivity index (χ1) is 9.28. The van der Waals surface area contributed by atoms with Crippen LogP contribution in [0.15, 0.2) is 54.8 Å². The molecule has 0 spiro atoms. The molecular formula is C15H11NO3. The number of aliphatic hydroxyl groups excluding tert-OH is 1. The molecule has 0 aromatic heterocycles. The number of para-hydroxylation sites is 1. The molecule has 1 amide bonds. The minimum absolute atomic E-state index is 0.265. The van der Waals surface area contributed by atoms with Crippen LogP contribution < -0.4 is 10.1 Å². The number of hydrogen-bond acceptors (Lipinski definition) is 3. The third kappa shape index (κ3) is 2.04. The lowest BCUT2D eigenvalue weighted by molar-refractivity contribution is -0.110. The van der Waals surface area contributed by atoms with Crippen molar-refractivity contribution in [2.24, 2.45) is 0 Å². The van der Waals surface area contributed by atoms with Gasteiger partial charge in [0.15, 0.2) is 0 Å². The smallest absolute Gasteiger partial charge is 0.259 e. The summed E-state index contributed by atoms with van der Waals surface area (Å²) in [5.74, 6) is 1.04. The van der Waals surface area contributed by atoms with Crippen LogP contribution >= 0.6 is 0 Å². The molecular weight excluding hydrogens is 242 g/mol. The van der Waals surface area contributed by atoms with Crippen molar-refractivity contribution in [3.8, 4) is 11.5 Å². The fourth-order valence-corrected chi connectivity index (χ4v) is 1.99. The second-order valence-electron chi connectivity index (χ2n) is 4.12. The first-order valence-corrected chi connectivity index (χ1v) is 5.81. The SMILES string of the molecule is O=C1Nc2cc(Oc3ccccc3)ccc2/C1=C/O. The third-order valence-electron chi connectivity index (χ3n) is 2.88. The minimum Gasteiger partial charge on any atom is -0.515 e. The second-order valence-corrected chi connectivity index (χ2v) is 4.12. The largest absolute Gasteiger partial charge is 0.515 e. The highest BCUT2D eigenvalue weighted by Crippen LogP contribution is 2.35. The zero-order chi connectivity index (χ0) is 13.2. The highest BCUT2D eigenvalue weighted by Gasteiger charge is 2.24. The Morgan fingerprint density at radius 3 is 2.58 bits per heavy atom. The Labute approximate surface area is 110 Å². The summed E-state index contributed by atoms with van der Waals surface area (Å²) in [6.45, 7) is 0. The predicted octanol–water partition coefficient (Wildman–Crippen LogP) is 3.33. The molecule has 19 heavy (non-hydrogen) atoms. The molecule has 0 saturated carbocycles. The van der Waals surface area contributed by atoms with Crippen LogP contribution in [0, 0.1) is 0 Å². The molecule has 0 saturated heterocycles. The molecule has 0 fully saturated rings. The molecule has 0 aliphatic carbocycles. The van der Waals surface area contributed by atoms with Crippen LogP contribution in [0.3, 0.4) is 0 Å². The lowest BCUT2D eigenvalue weighted by Crippen LogP contribution is -2.03. The van der Waals surface area contributed by atoms with E-state index in [0.717, 1.165) is 12.0 Å². The first kappa shape index (κ1) is 11.3. The molecule has 1 heterocycles. The lowest BCUT2D eigenvalue weighted by Gasteiger charge is -2.07. The van der Waals surface area contributed by atoms with Crippen molar-refractivity contribution < 1.29 is 14.6 Å². The van der Waals surface area contributed by atoms with Crippen molar-refractivity contribution in [3.05, 3.63) is 60.4 Å². The molecule has 1 aliphatic heterocycles. The molecule has 4 heteroatoms. The molecule has 94 valence electrons. The lowest BCUT2D eigenvalue weighted by atomic mass is 10.1. The van der Waals surface area contributed by atoms with E-state index in [9.17, 15) is 4.79 Å². The third-order valence-corrected chi connectivity index (χ3v) is 2.88. The maximum Gasteiger partial charge on any atom is 0.259 e. The molecule has 3 rings (SSSR count). The van der Waals surface area contributed by atoms with Crippen LogP contribution in [0.4, 0.5) is 5.69 Å². The number of amides is 1. The maximum atomic E-state index is 11.6. The Hall–Kier alpha value is -2.75. The summed E-state index contributed by atoms with van der Waals surface area (Å²) in [7, 11) is 0. The molecule has 0 unspecified atom stereocenters. The Kier molecular flexibility index (Phi) is 2.68. The number of nitrogens with one attached hydrogen (secondary N) is 1. The van der Waals surface area contributed by atoms with Gasteiger partial charge in [-0.2, -0.15) is 0 Å². The topological polar surface area (TPSA) is 58.6 Å². The van der Waals surface area contributed by atoms with Crippen molar-refractivity contribution in [2.75, 3.05) is 5.32 Å². The van der Waals surface area contributed by atoms with Crippen LogP contribution in [-0.2, 0) is 4.79 Å². The van der Waals surface area contributed by atoms with E-state index in [1.165, 1.54) is 0 Å². The summed E-state index contributed by atoms with van der Waals surface area (Å²) in [4.78, 5) is 11.6. The van der Waals surface area contributed by atoms with Crippen molar-refractivity contribution in [2.45, 2.75) is 0 Å². The van der Waals surface area contributed by atoms with Gasteiger partial charge in [-0.3, -0.25) is 4.79 Å². The van der Waals surface area contributed by atoms with Crippen LogP contribution in [-0.4, -0.2) is 11.0 Å². The number of aliphatic hydroxyl groups is 1. The summed E-state index contributed by atoms with van der Waals surface area (Å²) in [5, 5.41) is 11.7. The molecule has 0 bridgehead atoms. The number of rotatable bonds is 2. The van der Waals surface area contributed by atoms with Gasteiger partial charge in [0.25, 0.3) is 5.91 Å². The summed E-state index contributed by atoms with van der Waals surface area (Å²) < 4.78 is 5.67. The average molecular weight is 253 g/mol. The number of benzene rings is 2. The van der Waals surface area contributed by atoms with E-state index < -0.39 is 0 Å². The fourth-order valence-electron chi connectivity index (χ4n) is 1.99. The minimum atomic E-state index is -0.311. The summed E-state index contributed by atoms with van der Waals surface area (Å²) >= 11 is 0. The number of ether oxygens (including phenoxy) is 1. The van der Waals surface area contributed by atoms with Crippen molar-refractivity contribution >= 4 is 17.2 Å². The molecule has 0 atom stereocenters. The van der Waals surface area contributed by atoms with Crippen LogP contribution in [0.2, 0.25) is 0 Å². The second kappa shape index (κ2) is 4.49. The van der Waals surface area contributed by atoms with Gasteiger partial charge in [-0.05, 0) is 24.3 Å². The molecule has 1 aliphatic rings. The highest BCUT2D eigenvalue weighted by molar-refractivity contribution is 6.31. The monoisotopic (exact) mass is 253 g/mol. The predicted molar refractivity (Wildman–Crippen MR) is 72.2 cm³/mol. The zero-order valence-corrected chi connectivity index (χ0v) is 9.96. The van der Waals surface area contributed by atoms with Crippen molar-refractivity contribution in [3.63, 3.8) is 0 Å². The van der Waals surface area contributed by atoms with E-state index in [0.29, 0.717) is 17.0 Å². The Balaban J connectivity index is 1.92. The number of fused-ring (bicyclic) bond motifs is 1. The van der Waals surface area contributed by atoms with E-state index in [1.54, 1.807) is 18.2 Å². The highest BCUT2D eigenvalue weighted by atomic mass is 16.5. The normalized spacial score (nSPS) is 15.2. The van der Waals surface area contributed by atoms with Crippen LogP contribution in [0.1, 0.15) is 5.56 Å². The Bertz CT molecular complexity index is 662. The van der Waals surface area contributed by atoms with Gasteiger partial charge in [0.1, 0.15) is 11.5 Å². The van der Waals surface area contributed by atoms with Gasteiger partial charge in [-0.25, -0.2) is 0 Å². The quantitative estimate of drug-likeness (QED) is 0.637. The summed E-state index contributed by atoms with van der Waals surface area (Å²) in [6, 6.07) is 14.6. The zero-order valence-electron chi connectivity index (χ0n) is 9.96. The summed E-state index contributed by atoms with van der Waals surface area (Å²) in [6.07, 6.45) is 0.818. The molecule has 0 radical (unpaired) electrons. The molecule has 2 aromatic rings.